The van der Waals surface area contributed by atoms with Crippen molar-refractivity contribution in [1.82, 2.24) is 0 Å². The van der Waals surface area contributed by atoms with Crippen LogP contribution in [0.25, 0.3) is 0 Å². The smallest absolute Gasteiger partial charge is 0.159 e. The van der Waals surface area contributed by atoms with Crippen molar-refractivity contribution < 1.29 is 24.4 Å². The van der Waals surface area contributed by atoms with Gasteiger partial charge in [0.05, 0.1) is 18.8 Å². The molecule has 3 atom stereocenters. The van der Waals surface area contributed by atoms with Crippen LogP contribution in [0.3, 0.4) is 0 Å². The minimum Gasteiger partial charge on any atom is -0.391 e. The number of halogens is 1. The predicted octanol–water partition coefficient (Wildman–Crippen LogP) is 0.201. The molecule has 0 aromatic rings. The fourth-order valence-corrected chi connectivity index (χ4v) is 0.834. The molecule has 0 rings (SSSR count). The molecule has 0 radical (unpaired) electrons. The first-order valence-corrected chi connectivity index (χ1v) is 4.59. The van der Waals surface area contributed by atoms with Crippen molar-refractivity contribution in [2.75, 3.05) is 6.61 Å². The molecule has 4 nitrogen and oxygen atoms in total. The van der Waals surface area contributed by atoms with Gasteiger partial charge < -0.3 is 20.1 Å². The van der Waals surface area contributed by atoms with E-state index in [-0.39, 0.29) is 13.0 Å². The topological polar surface area (TPSA) is 69.9 Å². The highest BCUT2D eigenvalue weighted by Crippen LogP contribution is 2.09. The summed E-state index contributed by atoms with van der Waals surface area (Å²) in [5.41, 5.74) is 0. The second kappa shape index (κ2) is 5.60. The zero-order valence-corrected chi connectivity index (χ0v) is 8.77. The van der Waals surface area contributed by atoms with Gasteiger partial charge in [-0.15, -0.1) is 0 Å². The number of aliphatic hydroxyl groups excluding tert-OH is 2. The summed E-state index contributed by atoms with van der Waals surface area (Å²) in [5.74, 6) is -1.33. The molecular weight excluding hydrogens is 191 g/mol. The van der Waals surface area contributed by atoms with Crippen LogP contribution >= 0.6 is 0 Å². The van der Waals surface area contributed by atoms with Gasteiger partial charge in [-0.2, -0.15) is 0 Å². The van der Waals surface area contributed by atoms with Crippen LogP contribution in [-0.4, -0.2) is 46.1 Å². The summed E-state index contributed by atoms with van der Waals surface area (Å²) in [4.78, 5) is 0. The van der Waals surface area contributed by atoms with Gasteiger partial charge in [-0.25, -0.2) is 4.39 Å². The maximum atomic E-state index is 12.5. The molecule has 0 spiro atoms. The van der Waals surface area contributed by atoms with E-state index in [1.807, 2.05) is 0 Å². The molecule has 0 bridgehead atoms. The molecule has 14 heavy (non-hydrogen) atoms. The first-order valence-electron chi connectivity index (χ1n) is 4.59. The lowest BCUT2D eigenvalue weighted by Crippen LogP contribution is -2.32. The Kier molecular flexibility index (Phi) is 5.51. The zero-order chi connectivity index (χ0) is 11.4. The molecule has 0 aromatic heterocycles. The fraction of sp³-hybridized carbons (Fsp3) is 1.00. The van der Waals surface area contributed by atoms with Gasteiger partial charge >= 0.3 is 0 Å². The molecule has 3 unspecified atom stereocenters. The van der Waals surface area contributed by atoms with Gasteiger partial charge in [-0.1, -0.05) is 0 Å². The average molecular weight is 210 g/mol. The Hall–Kier alpha value is -0.230. The van der Waals surface area contributed by atoms with Crippen LogP contribution in [0, 0.1) is 0 Å². The maximum Gasteiger partial charge on any atom is 0.159 e. The summed E-state index contributed by atoms with van der Waals surface area (Å²) in [7, 11) is 0. The monoisotopic (exact) mass is 210 g/mol. The van der Waals surface area contributed by atoms with Crippen LogP contribution in [-0.2, 0) is 4.74 Å². The van der Waals surface area contributed by atoms with E-state index in [9.17, 15) is 9.50 Å². The van der Waals surface area contributed by atoms with Crippen LogP contribution in [0.4, 0.5) is 4.39 Å². The Labute approximate surface area is 83.3 Å². The molecule has 0 amide bonds. The van der Waals surface area contributed by atoms with E-state index in [0.29, 0.717) is 0 Å². The molecular formula is C9H19FO4. The quantitative estimate of drug-likeness (QED) is 0.548. The largest absolute Gasteiger partial charge is 0.391 e. The van der Waals surface area contributed by atoms with Gasteiger partial charge in [-0.05, 0) is 20.8 Å². The summed E-state index contributed by atoms with van der Waals surface area (Å²) in [6, 6.07) is 0. The fourth-order valence-electron chi connectivity index (χ4n) is 0.834. The highest BCUT2D eigenvalue weighted by molar-refractivity contribution is 4.68. The molecule has 0 saturated carbocycles. The van der Waals surface area contributed by atoms with Crippen molar-refractivity contribution in [3.8, 4) is 0 Å². The Morgan fingerprint density at radius 1 is 1.36 bits per heavy atom. The van der Waals surface area contributed by atoms with Crippen molar-refractivity contribution in [1.29, 1.82) is 0 Å². The van der Waals surface area contributed by atoms with E-state index in [2.05, 4.69) is 0 Å². The van der Waals surface area contributed by atoms with Gasteiger partial charge in [-0.3, -0.25) is 0 Å². The van der Waals surface area contributed by atoms with Crippen LogP contribution in [0.5, 0.6) is 0 Å². The van der Waals surface area contributed by atoms with Crippen molar-refractivity contribution in [2.24, 2.45) is 0 Å². The van der Waals surface area contributed by atoms with Crippen molar-refractivity contribution in [3.63, 3.8) is 0 Å². The third-order valence-electron chi connectivity index (χ3n) is 1.67. The van der Waals surface area contributed by atoms with E-state index in [1.165, 1.54) is 20.8 Å². The first kappa shape index (κ1) is 13.8. The second-order valence-corrected chi connectivity index (χ2v) is 3.89. The van der Waals surface area contributed by atoms with Gasteiger partial charge in [0, 0.05) is 6.42 Å². The summed E-state index contributed by atoms with van der Waals surface area (Å²) >= 11 is 0. The lowest BCUT2D eigenvalue weighted by atomic mass is 10.1. The number of hydrogen-bond acceptors (Lipinski definition) is 4. The molecule has 5 heteroatoms. The summed E-state index contributed by atoms with van der Waals surface area (Å²) in [6.45, 7) is 3.93. The standard InChI is InChI=1S/C9H19FO4/c1-6(10)8(12)4-7(11)5-14-9(2,3)13/h6-8,11-13H,4-5H2,1-3H3. The third-order valence-corrected chi connectivity index (χ3v) is 1.67. The number of rotatable bonds is 6. The lowest BCUT2D eigenvalue weighted by molar-refractivity contribution is -0.192. The Bertz CT molecular complexity index is 155. The SMILES string of the molecule is CC(F)C(O)CC(O)COC(C)(C)O. The van der Waals surface area contributed by atoms with Gasteiger partial charge in [0.15, 0.2) is 5.79 Å². The van der Waals surface area contributed by atoms with E-state index in [4.69, 9.17) is 14.9 Å². The molecule has 0 heterocycles. The average Bonchev–Trinajstić information content (AvgIpc) is 1.99. The molecule has 0 aliphatic carbocycles. The van der Waals surface area contributed by atoms with E-state index < -0.39 is 24.2 Å². The number of ether oxygens (including phenoxy) is 1. The Morgan fingerprint density at radius 3 is 2.21 bits per heavy atom. The van der Waals surface area contributed by atoms with Crippen LogP contribution in [0.15, 0.2) is 0 Å². The van der Waals surface area contributed by atoms with Crippen LogP contribution < -0.4 is 0 Å². The molecule has 0 fully saturated rings. The van der Waals surface area contributed by atoms with E-state index in [0.717, 1.165) is 0 Å². The minimum atomic E-state index is -1.38. The molecule has 0 aliphatic rings. The Balaban J connectivity index is 3.71. The summed E-state index contributed by atoms with van der Waals surface area (Å²) in [5, 5.41) is 27.5. The van der Waals surface area contributed by atoms with Crippen molar-refractivity contribution in [3.05, 3.63) is 0 Å². The molecule has 3 N–H and O–H groups in total. The van der Waals surface area contributed by atoms with Crippen LogP contribution in [0.1, 0.15) is 27.2 Å². The van der Waals surface area contributed by atoms with E-state index >= 15 is 0 Å². The molecule has 0 aliphatic heterocycles. The number of alkyl halides is 1. The lowest BCUT2D eigenvalue weighted by Gasteiger charge is -2.22. The van der Waals surface area contributed by atoms with Crippen molar-refractivity contribution >= 4 is 0 Å². The van der Waals surface area contributed by atoms with Gasteiger partial charge in [0.1, 0.15) is 6.17 Å². The summed E-state index contributed by atoms with van der Waals surface area (Å²) < 4.78 is 17.3. The highest BCUT2D eigenvalue weighted by atomic mass is 19.1. The number of hydrogen-bond donors (Lipinski definition) is 3. The van der Waals surface area contributed by atoms with E-state index in [1.54, 1.807) is 0 Å². The molecule has 0 saturated heterocycles. The highest BCUT2D eigenvalue weighted by Gasteiger charge is 2.20. The molecule has 0 aromatic carbocycles. The summed E-state index contributed by atoms with van der Waals surface area (Å²) in [6.07, 6.45) is -3.66. The third kappa shape index (κ3) is 7.20. The minimum absolute atomic E-state index is 0.103. The van der Waals surface area contributed by atoms with Crippen LogP contribution in [0.2, 0.25) is 0 Å². The predicted molar refractivity (Wildman–Crippen MR) is 49.5 cm³/mol. The Morgan fingerprint density at radius 2 is 1.86 bits per heavy atom. The van der Waals surface area contributed by atoms with Gasteiger partial charge in [0.25, 0.3) is 0 Å². The first-order chi connectivity index (χ1) is 6.22. The maximum absolute atomic E-state index is 12.5. The normalized spacial score (nSPS) is 19.1. The second-order valence-electron chi connectivity index (χ2n) is 3.89. The zero-order valence-electron chi connectivity index (χ0n) is 8.77. The van der Waals surface area contributed by atoms with Crippen molar-refractivity contribution in [2.45, 2.75) is 51.4 Å². The molecule has 86 valence electrons. The van der Waals surface area contributed by atoms with Gasteiger partial charge in [0.2, 0.25) is 0 Å². The number of aliphatic hydroxyl groups is 3.